The summed E-state index contributed by atoms with van der Waals surface area (Å²) >= 11 is 3.68. The second kappa shape index (κ2) is 15.4. The van der Waals surface area contributed by atoms with Crippen molar-refractivity contribution in [2.75, 3.05) is 0 Å². The van der Waals surface area contributed by atoms with E-state index in [1.54, 1.807) is 24.3 Å². The standard InChI is InChI=1S/C51H52O4S2/c1-31-11-19-39(20-12-31)47(52)54-29-35-15-23-37(24-16-35)43-27-41(33(3)56-43)45-46(50(7,8)51(9,10)49(45,5)6)42-28-44(57-34(42)4)38-25-17-36(18-26-38)30-55-48(53)40-21-13-32(2)14-22-40/h11-28H,29-30H2,1-10H3. The third-order valence-corrected chi connectivity index (χ3v) is 15.0. The molecular weight excluding hydrogens is 741 g/mol. The molecule has 1 aliphatic carbocycles. The highest BCUT2D eigenvalue weighted by atomic mass is 32.1. The van der Waals surface area contributed by atoms with Crippen LogP contribution in [0.25, 0.3) is 32.0 Å². The van der Waals surface area contributed by atoms with Crippen LogP contribution in [0, 0.1) is 43.9 Å². The van der Waals surface area contributed by atoms with Crippen molar-refractivity contribution in [3.63, 3.8) is 0 Å². The largest absolute Gasteiger partial charge is 0.457 e. The zero-order valence-electron chi connectivity index (χ0n) is 34.8. The number of rotatable bonds is 10. The van der Waals surface area contributed by atoms with Crippen molar-refractivity contribution in [2.24, 2.45) is 16.2 Å². The van der Waals surface area contributed by atoms with E-state index in [1.165, 1.54) is 41.8 Å². The molecule has 7 rings (SSSR count). The monoisotopic (exact) mass is 792 g/mol. The molecule has 0 saturated carbocycles. The summed E-state index contributed by atoms with van der Waals surface area (Å²) in [6.07, 6.45) is 0. The van der Waals surface area contributed by atoms with Gasteiger partial charge in [0.05, 0.1) is 11.1 Å². The van der Waals surface area contributed by atoms with Gasteiger partial charge in [0, 0.05) is 19.5 Å². The van der Waals surface area contributed by atoms with Crippen molar-refractivity contribution >= 4 is 45.8 Å². The van der Waals surface area contributed by atoms with Crippen LogP contribution < -0.4 is 0 Å². The lowest BCUT2D eigenvalue weighted by atomic mass is 9.57. The smallest absolute Gasteiger partial charge is 0.338 e. The van der Waals surface area contributed by atoms with Gasteiger partial charge in [0.1, 0.15) is 13.2 Å². The van der Waals surface area contributed by atoms with E-state index in [-0.39, 0.29) is 41.4 Å². The molecule has 0 radical (unpaired) electrons. The van der Waals surface area contributed by atoms with Gasteiger partial charge in [-0.25, -0.2) is 9.59 Å². The molecule has 0 bridgehead atoms. The number of ether oxygens (including phenoxy) is 2. The van der Waals surface area contributed by atoms with E-state index in [0.29, 0.717) is 11.1 Å². The predicted octanol–water partition coefficient (Wildman–Crippen LogP) is 14.1. The molecule has 6 heteroatoms. The number of carbonyl (C=O) groups excluding carboxylic acids is 2. The molecule has 0 saturated heterocycles. The first-order chi connectivity index (χ1) is 27.0. The lowest BCUT2D eigenvalue weighted by molar-refractivity contribution is 0.0464. The molecular formula is C51H52O4S2. The van der Waals surface area contributed by atoms with Gasteiger partial charge < -0.3 is 9.47 Å². The van der Waals surface area contributed by atoms with Crippen molar-refractivity contribution in [3.8, 4) is 20.9 Å². The highest BCUT2D eigenvalue weighted by Crippen LogP contribution is 2.71. The van der Waals surface area contributed by atoms with Crippen LogP contribution in [0.5, 0.6) is 0 Å². The van der Waals surface area contributed by atoms with Gasteiger partial charge in [-0.15, -0.1) is 22.7 Å². The molecule has 1 aliphatic rings. The molecule has 0 N–H and O–H groups in total. The summed E-state index contributed by atoms with van der Waals surface area (Å²) in [5.41, 5.74) is 12.8. The van der Waals surface area contributed by atoms with Crippen LogP contribution in [0.15, 0.2) is 109 Å². The Kier molecular flexibility index (Phi) is 10.8. The summed E-state index contributed by atoms with van der Waals surface area (Å²) in [4.78, 5) is 30.3. The minimum absolute atomic E-state index is 0.0386. The Morgan fingerprint density at radius 1 is 0.491 bits per heavy atom. The van der Waals surface area contributed by atoms with E-state index < -0.39 is 0 Å². The summed E-state index contributed by atoms with van der Waals surface area (Å²) in [5, 5.41) is 0. The van der Waals surface area contributed by atoms with Crippen molar-refractivity contribution in [1.29, 1.82) is 0 Å². The Balaban J connectivity index is 1.15. The summed E-state index contributed by atoms with van der Waals surface area (Å²) in [6.45, 7) is 23.5. The number of benzene rings is 4. The fourth-order valence-corrected chi connectivity index (χ4v) is 10.2. The first kappa shape index (κ1) is 40.2. The molecule has 57 heavy (non-hydrogen) atoms. The minimum atomic E-state index is -0.313. The average Bonchev–Trinajstić information content (AvgIpc) is 3.79. The SMILES string of the molecule is Cc1ccc(C(=O)OCc2ccc(-c3cc(C4=C(c5cc(-c6ccc(COC(=O)c7ccc(C)cc7)cc6)sc5C)C(C)(C)C(C)(C)C4(C)C)c(C)s3)cc2)cc1. The number of thiophene rings is 2. The second-order valence-electron chi connectivity index (χ2n) is 17.1. The lowest BCUT2D eigenvalue weighted by Gasteiger charge is -2.46. The molecule has 4 aromatic carbocycles. The second-order valence-corrected chi connectivity index (χ2v) is 19.6. The number of allylic oxidation sites excluding steroid dienone is 2. The zero-order valence-corrected chi connectivity index (χ0v) is 36.4. The summed E-state index contributed by atoms with van der Waals surface area (Å²) < 4.78 is 11.3. The van der Waals surface area contributed by atoms with Gasteiger partial charge in [-0.2, -0.15) is 0 Å². The fourth-order valence-electron chi connectivity index (χ4n) is 8.09. The molecule has 0 amide bonds. The molecule has 6 aromatic rings. The molecule has 0 atom stereocenters. The molecule has 0 aliphatic heterocycles. The van der Waals surface area contributed by atoms with E-state index in [1.807, 2.05) is 60.8 Å². The first-order valence-electron chi connectivity index (χ1n) is 19.6. The number of aryl methyl sites for hydroxylation is 4. The molecule has 0 fully saturated rings. The summed E-state index contributed by atoms with van der Waals surface area (Å²) in [7, 11) is 0. The molecule has 4 nitrogen and oxygen atoms in total. The van der Waals surface area contributed by atoms with Crippen LogP contribution in [0.2, 0.25) is 0 Å². The normalized spacial score (nSPS) is 15.5. The third-order valence-electron chi connectivity index (χ3n) is 12.8. The van der Waals surface area contributed by atoms with Gasteiger partial charge in [0.2, 0.25) is 0 Å². The molecule has 0 spiro atoms. The molecule has 292 valence electrons. The van der Waals surface area contributed by atoms with E-state index in [4.69, 9.17) is 9.47 Å². The first-order valence-corrected chi connectivity index (χ1v) is 21.2. The predicted molar refractivity (Wildman–Crippen MR) is 238 cm³/mol. The Hall–Kier alpha value is -5.04. The Morgan fingerprint density at radius 3 is 1.16 bits per heavy atom. The van der Waals surface area contributed by atoms with Gasteiger partial charge in [-0.05, 0) is 125 Å². The van der Waals surface area contributed by atoms with Gasteiger partial charge in [0.15, 0.2) is 0 Å². The zero-order chi connectivity index (χ0) is 40.9. The van der Waals surface area contributed by atoms with Crippen molar-refractivity contribution in [2.45, 2.75) is 82.5 Å². The van der Waals surface area contributed by atoms with Crippen LogP contribution in [-0.2, 0) is 22.7 Å². The Bertz CT molecular complexity index is 2300. The fraction of sp³-hybridized carbons (Fsp3) is 0.294. The minimum Gasteiger partial charge on any atom is -0.457 e. The Morgan fingerprint density at radius 2 is 0.825 bits per heavy atom. The van der Waals surface area contributed by atoms with Crippen LogP contribution in [0.4, 0.5) is 0 Å². The number of hydrogen-bond acceptors (Lipinski definition) is 6. The van der Waals surface area contributed by atoms with E-state index in [2.05, 4.69) is 116 Å². The number of esters is 2. The number of hydrogen-bond donors (Lipinski definition) is 0. The van der Waals surface area contributed by atoms with Gasteiger partial charge in [-0.1, -0.05) is 125 Å². The van der Waals surface area contributed by atoms with Crippen molar-refractivity contribution < 1.29 is 19.1 Å². The highest BCUT2D eigenvalue weighted by molar-refractivity contribution is 7.16. The van der Waals surface area contributed by atoms with Crippen LogP contribution >= 0.6 is 22.7 Å². The quantitative estimate of drug-likeness (QED) is 0.130. The summed E-state index contributed by atoms with van der Waals surface area (Å²) in [6, 6.07) is 36.5. The maximum atomic E-state index is 12.6. The number of carbonyl (C=O) groups is 2. The highest BCUT2D eigenvalue weighted by Gasteiger charge is 2.59. The molecule has 2 aromatic heterocycles. The van der Waals surface area contributed by atoms with Gasteiger partial charge in [-0.3, -0.25) is 0 Å². The maximum Gasteiger partial charge on any atom is 0.338 e. The Labute approximate surface area is 346 Å². The van der Waals surface area contributed by atoms with Crippen LogP contribution in [-0.4, -0.2) is 11.9 Å². The molecule has 2 heterocycles. The van der Waals surface area contributed by atoms with Crippen molar-refractivity contribution in [1.82, 2.24) is 0 Å². The topological polar surface area (TPSA) is 52.6 Å². The van der Waals surface area contributed by atoms with E-state index >= 15 is 0 Å². The van der Waals surface area contributed by atoms with E-state index in [9.17, 15) is 9.59 Å². The summed E-state index contributed by atoms with van der Waals surface area (Å²) in [5.74, 6) is -0.627. The average molecular weight is 793 g/mol. The van der Waals surface area contributed by atoms with Crippen molar-refractivity contribution in [3.05, 3.63) is 163 Å². The van der Waals surface area contributed by atoms with Crippen LogP contribution in [0.1, 0.15) is 105 Å². The maximum absolute atomic E-state index is 12.6. The molecule has 0 unspecified atom stereocenters. The lowest BCUT2D eigenvalue weighted by Crippen LogP contribution is -2.39. The van der Waals surface area contributed by atoms with E-state index in [0.717, 1.165) is 33.4 Å². The van der Waals surface area contributed by atoms with Gasteiger partial charge >= 0.3 is 11.9 Å². The third kappa shape index (κ3) is 7.58. The van der Waals surface area contributed by atoms with Gasteiger partial charge in [0.25, 0.3) is 0 Å². The van der Waals surface area contributed by atoms with Crippen LogP contribution in [0.3, 0.4) is 0 Å².